The molecule has 0 aliphatic heterocycles. The maximum atomic E-state index is 11.5. The first-order chi connectivity index (χ1) is 9.67. The normalized spacial score (nSPS) is 15.8. The lowest BCUT2D eigenvalue weighted by atomic mass is 9.89. The predicted molar refractivity (Wildman–Crippen MR) is 79.8 cm³/mol. The van der Waals surface area contributed by atoms with Gasteiger partial charge in [-0.1, -0.05) is 49.4 Å². The minimum absolute atomic E-state index is 0.629. The molecule has 0 aromatic heterocycles. The molecule has 102 valence electrons. The minimum atomic E-state index is -0.694. The van der Waals surface area contributed by atoms with E-state index in [-0.39, 0.29) is 0 Å². The van der Waals surface area contributed by atoms with Crippen LogP contribution in [0.5, 0.6) is 0 Å². The summed E-state index contributed by atoms with van der Waals surface area (Å²) in [5, 5.41) is 9.45. The van der Waals surface area contributed by atoms with Crippen LogP contribution in [0, 0.1) is 0 Å². The molecule has 0 heterocycles. The molecule has 2 aromatic rings. The molecule has 1 N–H and O–H groups in total. The smallest absolute Gasteiger partial charge is 0.314 e. The number of rotatable bonds is 4. The van der Waals surface area contributed by atoms with Gasteiger partial charge in [-0.2, -0.15) is 0 Å². The zero-order valence-electron chi connectivity index (χ0n) is 11.6. The van der Waals surface area contributed by atoms with E-state index in [0.29, 0.717) is 0 Å². The van der Waals surface area contributed by atoms with Crippen LogP contribution >= 0.6 is 0 Å². The van der Waals surface area contributed by atoms with Crippen LogP contribution in [-0.4, -0.2) is 11.1 Å². The topological polar surface area (TPSA) is 37.3 Å². The van der Waals surface area contributed by atoms with Crippen molar-refractivity contribution in [1.29, 1.82) is 0 Å². The third kappa shape index (κ3) is 2.01. The van der Waals surface area contributed by atoms with Crippen LogP contribution in [0.25, 0.3) is 11.1 Å². The average Bonchev–Trinajstić information content (AvgIpc) is 3.29. The number of carboxylic acids is 1. The van der Waals surface area contributed by atoms with Gasteiger partial charge in [-0.25, -0.2) is 0 Å². The molecule has 0 unspecified atom stereocenters. The highest BCUT2D eigenvalue weighted by Gasteiger charge is 2.51. The summed E-state index contributed by atoms with van der Waals surface area (Å²) < 4.78 is 0. The molecule has 0 amide bonds. The standard InChI is InChI=1S/C18H18O2/c1-2-13-8-9-15(18(10-11-18)17(19)20)12-16(13)14-6-4-3-5-7-14/h3-9,12H,2,10-11H2,1H3,(H,19,20). The quantitative estimate of drug-likeness (QED) is 0.907. The Labute approximate surface area is 119 Å². The highest BCUT2D eigenvalue weighted by Crippen LogP contribution is 2.49. The second-order valence-electron chi connectivity index (χ2n) is 5.48. The number of aryl methyl sites for hydroxylation is 1. The Hall–Kier alpha value is -2.09. The first-order valence-electron chi connectivity index (χ1n) is 7.09. The van der Waals surface area contributed by atoms with Crippen LogP contribution in [0.2, 0.25) is 0 Å². The lowest BCUT2D eigenvalue weighted by Crippen LogP contribution is -2.19. The molecular formula is C18H18O2. The van der Waals surface area contributed by atoms with Gasteiger partial charge >= 0.3 is 5.97 Å². The van der Waals surface area contributed by atoms with Gasteiger partial charge in [0.05, 0.1) is 5.41 Å². The molecule has 1 aliphatic carbocycles. The van der Waals surface area contributed by atoms with E-state index in [2.05, 4.69) is 31.2 Å². The highest BCUT2D eigenvalue weighted by molar-refractivity contribution is 5.86. The SMILES string of the molecule is CCc1ccc(C2(C(=O)O)CC2)cc1-c1ccccc1. The highest BCUT2D eigenvalue weighted by atomic mass is 16.4. The predicted octanol–water partition coefficient (Wildman–Crippen LogP) is 4.03. The monoisotopic (exact) mass is 266 g/mol. The molecule has 3 rings (SSSR count). The van der Waals surface area contributed by atoms with Gasteiger partial charge in [-0.05, 0) is 47.6 Å². The lowest BCUT2D eigenvalue weighted by molar-refractivity contribution is -0.140. The fourth-order valence-corrected chi connectivity index (χ4v) is 2.82. The molecule has 2 nitrogen and oxygen atoms in total. The first-order valence-corrected chi connectivity index (χ1v) is 7.09. The summed E-state index contributed by atoms with van der Waals surface area (Å²) in [5.41, 5.74) is 3.91. The van der Waals surface area contributed by atoms with E-state index in [0.717, 1.165) is 36.0 Å². The Balaban J connectivity index is 2.11. The van der Waals surface area contributed by atoms with Crippen LogP contribution in [0.1, 0.15) is 30.9 Å². The molecule has 1 saturated carbocycles. The van der Waals surface area contributed by atoms with E-state index in [9.17, 15) is 9.90 Å². The molecule has 0 atom stereocenters. The average molecular weight is 266 g/mol. The van der Waals surface area contributed by atoms with Crippen molar-refractivity contribution in [3.8, 4) is 11.1 Å². The second-order valence-corrected chi connectivity index (χ2v) is 5.48. The second kappa shape index (κ2) is 4.78. The van der Waals surface area contributed by atoms with E-state index in [1.807, 2.05) is 24.3 Å². The van der Waals surface area contributed by atoms with Crippen molar-refractivity contribution in [2.75, 3.05) is 0 Å². The van der Waals surface area contributed by atoms with Crippen molar-refractivity contribution in [1.82, 2.24) is 0 Å². The molecule has 2 heteroatoms. The number of aliphatic carboxylic acids is 1. The maximum Gasteiger partial charge on any atom is 0.314 e. The first kappa shape index (κ1) is 12.9. The Morgan fingerprint density at radius 1 is 1.15 bits per heavy atom. The van der Waals surface area contributed by atoms with Gasteiger partial charge in [-0.3, -0.25) is 4.79 Å². The molecular weight excluding hydrogens is 248 g/mol. The largest absolute Gasteiger partial charge is 0.481 e. The van der Waals surface area contributed by atoms with Crippen molar-refractivity contribution < 1.29 is 9.90 Å². The molecule has 1 aliphatic rings. The number of hydrogen-bond donors (Lipinski definition) is 1. The zero-order chi connectivity index (χ0) is 14.2. The molecule has 0 saturated heterocycles. The fraction of sp³-hybridized carbons (Fsp3) is 0.278. The summed E-state index contributed by atoms with van der Waals surface area (Å²) in [6, 6.07) is 16.4. The third-order valence-electron chi connectivity index (χ3n) is 4.29. The van der Waals surface area contributed by atoms with E-state index >= 15 is 0 Å². The van der Waals surface area contributed by atoms with E-state index in [1.54, 1.807) is 0 Å². The number of carbonyl (C=O) groups is 1. The van der Waals surface area contributed by atoms with E-state index in [4.69, 9.17) is 0 Å². The molecule has 0 radical (unpaired) electrons. The number of hydrogen-bond acceptors (Lipinski definition) is 1. The van der Waals surface area contributed by atoms with Crippen LogP contribution < -0.4 is 0 Å². The summed E-state index contributed by atoms with van der Waals surface area (Å²) in [7, 11) is 0. The number of carboxylic acid groups (broad SMARTS) is 1. The Morgan fingerprint density at radius 3 is 2.40 bits per heavy atom. The van der Waals surface area contributed by atoms with Crippen LogP contribution in [0.15, 0.2) is 48.5 Å². The summed E-state index contributed by atoms with van der Waals surface area (Å²) in [5.74, 6) is -0.694. The summed E-state index contributed by atoms with van der Waals surface area (Å²) >= 11 is 0. The molecule has 0 bridgehead atoms. The van der Waals surface area contributed by atoms with Gasteiger partial charge in [-0.15, -0.1) is 0 Å². The number of benzene rings is 2. The van der Waals surface area contributed by atoms with Crippen LogP contribution in [-0.2, 0) is 16.6 Å². The summed E-state index contributed by atoms with van der Waals surface area (Å²) in [6.07, 6.45) is 2.45. The Morgan fingerprint density at radius 2 is 1.85 bits per heavy atom. The lowest BCUT2D eigenvalue weighted by Gasteiger charge is -2.15. The summed E-state index contributed by atoms with van der Waals surface area (Å²) in [4.78, 5) is 11.5. The van der Waals surface area contributed by atoms with E-state index in [1.165, 1.54) is 5.56 Å². The Bertz CT molecular complexity index is 640. The van der Waals surface area contributed by atoms with Crippen molar-refractivity contribution in [2.24, 2.45) is 0 Å². The zero-order valence-corrected chi connectivity index (χ0v) is 11.6. The van der Waals surface area contributed by atoms with Crippen molar-refractivity contribution >= 4 is 5.97 Å². The molecule has 20 heavy (non-hydrogen) atoms. The van der Waals surface area contributed by atoms with Crippen molar-refractivity contribution in [2.45, 2.75) is 31.6 Å². The van der Waals surface area contributed by atoms with E-state index < -0.39 is 11.4 Å². The van der Waals surface area contributed by atoms with Crippen LogP contribution in [0.4, 0.5) is 0 Å². The van der Waals surface area contributed by atoms with Crippen LogP contribution in [0.3, 0.4) is 0 Å². The fourth-order valence-electron chi connectivity index (χ4n) is 2.82. The molecule has 1 fully saturated rings. The molecule has 0 spiro atoms. The van der Waals surface area contributed by atoms with Gasteiger partial charge in [0.2, 0.25) is 0 Å². The minimum Gasteiger partial charge on any atom is -0.481 e. The van der Waals surface area contributed by atoms with Gasteiger partial charge < -0.3 is 5.11 Å². The van der Waals surface area contributed by atoms with Crippen molar-refractivity contribution in [3.05, 3.63) is 59.7 Å². The van der Waals surface area contributed by atoms with Gasteiger partial charge in [0.1, 0.15) is 0 Å². The van der Waals surface area contributed by atoms with Gasteiger partial charge in [0.15, 0.2) is 0 Å². The Kier molecular flexibility index (Phi) is 3.09. The molecule has 2 aromatic carbocycles. The van der Waals surface area contributed by atoms with Gasteiger partial charge in [0.25, 0.3) is 0 Å². The maximum absolute atomic E-state index is 11.5. The summed E-state index contributed by atoms with van der Waals surface area (Å²) in [6.45, 7) is 2.13. The van der Waals surface area contributed by atoms with Gasteiger partial charge in [0, 0.05) is 0 Å². The van der Waals surface area contributed by atoms with Crippen molar-refractivity contribution in [3.63, 3.8) is 0 Å². The third-order valence-corrected chi connectivity index (χ3v) is 4.29.